The zero-order chi connectivity index (χ0) is 47.4. The lowest BCUT2D eigenvalue weighted by atomic mass is 9.96. The molecule has 0 aliphatic carbocycles. The summed E-state index contributed by atoms with van der Waals surface area (Å²) in [5.41, 5.74) is 6.56. The van der Waals surface area contributed by atoms with E-state index in [0.29, 0.717) is 97.9 Å². The van der Waals surface area contributed by atoms with Gasteiger partial charge in [0.2, 0.25) is 0 Å². The van der Waals surface area contributed by atoms with Crippen molar-refractivity contribution >= 4 is 65.6 Å². The van der Waals surface area contributed by atoms with Gasteiger partial charge in [0.15, 0.2) is 25.0 Å². The monoisotopic (exact) mass is 957 g/mol. The summed E-state index contributed by atoms with van der Waals surface area (Å²) in [7, 11) is -6.74. The largest absolute Gasteiger partial charge is 0.489 e. The average Bonchev–Trinajstić information content (AvgIpc) is 3.18. The Morgan fingerprint density at radius 2 is 1.14 bits per heavy atom. The predicted molar refractivity (Wildman–Crippen MR) is 278 cm³/mol. The maximum Gasteiger partial charge on any atom is 0.254 e. The van der Waals surface area contributed by atoms with Crippen LogP contribution in [0.1, 0.15) is 153 Å². The fraction of sp³-hybridized carbons (Fsp3) is 0.686. The average molecular weight is 958 g/mol. The van der Waals surface area contributed by atoms with E-state index in [-0.39, 0.29) is 5.91 Å². The number of aromatic nitrogens is 1. The van der Waals surface area contributed by atoms with Gasteiger partial charge in [0, 0.05) is 29.8 Å². The molecule has 2 aromatic carbocycles. The van der Waals surface area contributed by atoms with Gasteiger partial charge in [-0.25, -0.2) is 0 Å². The van der Waals surface area contributed by atoms with Gasteiger partial charge in [-0.05, 0) is 98.1 Å². The first-order valence-corrected chi connectivity index (χ1v) is 31.4. The number of hydrogen-bond donors (Lipinski definition) is 1. The summed E-state index contributed by atoms with van der Waals surface area (Å²) in [5, 5.41) is 4.70. The van der Waals surface area contributed by atoms with E-state index < -0.39 is 30.5 Å². The van der Waals surface area contributed by atoms with Crippen LogP contribution in [0, 0.1) is 4.51 Å². The second-order valence-electron chi connectivity index (χ2n) is 21.5. The predicted octanol–water partition coefficient (Wildman–Crippen LogP) is 15.6. The standard InChI is InChI=1S/C51H85ClN2O5SSi3/c1-33(2)61(34(3)4,35(5)6)57-25-19-20-43-26-45-48-47(27-43)56-30-51(31-58-62(36(7)8,37(9)10)38(11)12,32-59-63(39(13)14,40(15)16)41(17)18)54(48)29-46(49(45)60)50(55)53-28-42-21-23-44(52)24-22-42/h21-24,26-27,29,33-41H,19-20,25,28,30-32H2,1-18H3,(H,53,55). The number of aryl methyl sites for hydroxylation is 1. The number of pyridine rings is 1. The molecule has 63 heavy (non-hydrogen) atoms. The van der Waals surface area contributed by atoms with Crippen molar-refractivity contribution in [2.45, 2.75) is 199 Å². The summed E-state index contributed by atoms with van der Waals surface area (Å²) in [5.74, 6) is 0.569. The van der Waals surface area contributed by atoms with Crippen LogP contribution in [0.15, 0.2) is 42.6 Å². The van der Waals surface area contributed by atoms with Crippen molar-refractivity contribution in [3.05, 3.63) is 68.8 Å². The molecule has 0 fully saturated rings. The molecule has 7 nitrogen and oxygen atoms in total. The Kier molecular flexibility index (Phi) is 18.7. The zero-order valence-corrected chi connectivity index (χ0v) is 47.0. The fourth-order valence-corrected chi connectivity index (χ4v) is 29.2. The van der Waals surface area contributed by atoms with E-state index >= 15 is 0 Å². The highest BCUT2D eigenvalue weighted by molar-refractivity contribution is 7.71. The lowest BCUT2D eigenvalue weighted by molar-refractivity contribution is 0.0236. The Morgan fingerprint density at radius 1 is 0.698 bits per heavy atom. The molecule has 4 rings (SSSR count). The highest BCUT2D eigenvalue weighted by atomic mass is 35.5. The number of rotatable bonds is 23. The van der Waals surface area contributed by atoms with Crippen molar-refractivity contribution in [3.63, 3.8) is 0 Å². The quantitative estimate of drug-likeness (QED) is 0.0580. The van der Waals surface area contributed by atoms with Crippen molar-refractivity contribution in [3.8, 4) is 5.75 Å². The Bertz CT molecular complexity index is 1950. The van der Waals surface area contributed by atoms with Gasteiger partial charge in [-0.2, -0.15) is 0 Å². The molecule has 0 saturated carbocycles. The topological polar surface area (TPSA) is 71.0 Å². The molecule has 1 aromatic heterocycles. The normalized spacial score (nSPS) is 14.9. The molecule has 1 aliphatic rings. The van der Waals surface area contributed by atoms with E-state index in [4.69, 9.17) is 41.8 Å². The van der Waals surface area contributed by atoms with E-state index in [1.54, 1.807) is 0 Å². The van der Waals surface area contributed by atoms with Crippen LogP contribution in [0.2, 0.25) is 54.9 Å². The highest BCUT2D eigenvalue weighted by Gasteiger charge is 2.52. The van der Waals surface area contributed by atoms with Crippen molar-refractivity contribution in [2.24, 2.45) is 0 Å². The van der Waals surface area contributed by atoms with E-state index in [9.17, 15) is 4.79 Å². The van der Waals surface area contributed by atoms with Crippen LogP contribution in [0.25, 0.3) is 10.9 Å². The summed E-state index contributed by atoms with van der Waals surface area (Å²) < 4.78 is 32.0. The third-order valence-corrected chi connectivity index (χ3v) is 33.9. The summed E-state index contributed by atoms with van der Waals surface area (Å²) >= 11 is 12.6. The Hall–Kier alpha value is -1.84. The van der Waals surface area contributed by atoms with Crippen LogP contribution in [0.5, 0.6) is 5.75 Å². The number of nitrogens with zero attached hydrogens (tertiary/aromatic N) is 1. The fourth-order valence-electron chi connectivity index (χ4n) is 12.2. The maximum atomic E-state index is 14.5. The lowest BCUT2D eigenvalue weighted by Crippen LogP contribution is -2.58. The molecular weight excluding hydrogens is 872 g/mol. The number of halogens is 1. The summed E-state index contributed by atoms with van der Waals surface area (Å²) in [6.45, 7) is 44.2. The summed E-state index contributed by atoms with van der Waals surface area (Å²) in [4.78, 5) is 14.5. The molecule has 12 heteroatoms. The molecule has 354 valence electrons. The van der Waals surface area contributed by atoms with Crippen LogP contribution in [0.4, 0.5) is 0 Å². The molecule has 1 N–H and O–H groups in total. The smallest absolute Gasteiger partial charge is 0.254 e. The number of ether oxygens (including phenoxy) is 1. The van der Waals surface area contributed by atoms with Crippen LogP contribution in [-0.2, 0) is 31.8 Å². The summed E-state index contributed by atoms with van der Waals surface area (Å²) in [6.07, 6.45) is 3.68. The van der Waals surface area contributed by atoms with Gasteiger partial charge in [-0.15, -0.1) is 0 Å². The minimum Gasteiger partial charge on any atom is -0.489 e. The van der Waals surface area contributed by atoms with Gasteiger partial charge in [0.05, 0.1) is 28.8 Å². The molecule has 0 unspecified atom stereocenters. The van der Waals surface area contributed by atoms with E-state index in [0.717, 1.165) is 40.6 Å². The number of nitrogens with one attached hydrogen (secondary N) is 1. The Balaban J connectivity index is 1.95. The number of benzene rings is 2. The third-order valence-electron chi connectivity index (χ3n) is 15.0. The van der Waals surface area contributed by atoms with Gasteiger partial charge in [-0.3, -0.25) is 4.79 Å². The van der Waals surface area contributed by atoms with Gasteiger partial charge in [0.25, 0.3) is 5.91 Å². The minimum absolute atomic E-state index is 0.217. The molecule has 2 heterocycles. The molecule has 0 radical (unpaired) electrons. The second kappa shape index (κ2) is 21.9. The second-order valence-corrected chi connectivity index (χ2v) is 38.8. The molecule has 3 aromatic rings. The molecule has 0 saturated heterocycles. The number of carbonyl (C=O) groups excluding carboxylic acids is 1. The van der Waals surface area contributed by atoms with Crippen LogP contribution >= 0.6 is 23.8 Å². The number of amides is 1. The Morgan fingerprint density at radius 3 is 1.59 bits per heavy atom. The first-order chi connectivity index (χ1) is 29.3. The van der Waals surface area contributed by atoms with Crippen LogP contribution in [0.3, 0.4) is 0 Å². The van der Waals surface area contributed by atoms with Crippen molar-refractivity contribution in [2.75, 3.05) is 26.4 Å². The molecule has 1 aliphatic heterocycles. The van der Waals surface area contributed by atoms with Crippen molar-refractivity contribution < 1.29 is 22.8 Å². The molecule has 0 spiro atoms. The van der Waals surface area contributed by atoms with Crippen LogP contribution < -0.4 is 10.1 Å². The van der Waals surface area contributed by atoms with Crippen LogP contribution in [-0.4, -0.2) is 61.9 Å². The van der Waals surface area contributed by atoms with Gasteiger partial charge in [-0.1, -0.05) is 161 Å². The van der Waals surface area contributed by atoms with E-state index in [1.165, 1.54) is 0 Å². The molecular formula is C51H85ClN2O5SSi3. The molecule has 0 bridgehead atoms. The van der Waals surface area contributed by atoms with E-state index in [1.807, 2.05) is 30.5 Å². The van der Waals surface area contributed by atoms with Crippen molar-refractivity contribution in [1.82, 2.24) is 9.88 Å². The van der Waals surface area contributed by atoms with Gasteiger partial charge >= 0.3 is 0 Å². The number of hydrogen-bond acceptors (Lipinski definition) is 6. The highest BCUT2D eigenvalue weighted by Crippen LogP contribution is 2.48. The third kappa shape index (κ3) is 10.8. The summed E-state index contributed by atoms with van der Waals surface area (Å²) in [6, 6.07) is 12.0. The van der Waals surface area contributed by atoms with Crippen molar-refractivity contribution in [1.29, 1.82) is 0 Å². The first kappa shape index (κ1) is 53.8. The zero-order valence-electron chi connectivity index (χ0n) is 42.5. The first-order valence-electron chi connectivity index (χ1n) is 24.2. The van der Waals surface area contributed by atoms with Gasteiger partial charge < -0.3 is 27.9 Å². The lowest BCUT2D eigenvalue weighted by Gasteiger charge is -2.49. The molecule has 1 amide bonds. The molecule has 0 atom stereocenters. The van der Waals surface area contributed by atoms with E-state index in [2.05, 4.69) is 147 Å². The maximum absolute atomic E-state index is 14.5. The Labute approximate surface area is 396 Å². The SMILES string of the molecule is CC(C)[Si](OCCCc1cc2c3c(c1)c(=S)c(C(=O)NCc1ccc(Cl)cc1)cn3C(CO[Si](C(C)C)(C(C)C)C(C)C)(CO[Si](C(C)C)(C(C)C)C(C)C)CO2)(C(C)C)C(C)C. The number of carbonyl (C=O) groups is 1. The minimum atomic E-state index is -2.37. The van der Waals surface area contributed by atoms with Gasteiger partial charge in [0.1, 0.15) is 17.9 Å².